The van der Waals surface area contributed by atoms with Crippen molar-refractivity contribution in [2.24, 2.45) is 0 Å². The number of halogens is 2. The topological polar surface area (TPSA) is 12.9 Å². The van der Waals surface area contributed by atoms with Gasteiger partial charge in [-0.1, -0.05) is 0 Å². The molecule has 1 aromatic rings. The maximum absolute atomic E-state index is 12.8. The molecule has 0 spiro atoms. The molecule has 0 aliphatic carbocycles. The Bertz CT molecular complexity index is 245. The van der Waals surface area contributed by atoms with Gasteiger partial charge in [-0.05, 0) is 18.6 Å². The second-order valence-electron chi connectivity index (χ2n) is 2.41. The fraction of sp³-hybridized carbons (Fsp3) is 0.375. The number of hydrogen-bond acceptors (Lipinski definition) is 2. The van der Waals surface area contributed by atoms with Crippen LogP contribution in [0.4, 0.5) is 8.78 Å². The molecule has 1 aromatic heterocycles. The Morgan fingerprint density at radius 2 is 1.83 bits per heavy atom. The summed E-state index contributed by atoms with van der Waals surface area (Å²) in [6.07, 6.45) is 3.10. The second-order valence-corrected chi connectivity index (χ2v) is 2.86. The molecule has 0 N–H and O–H groups in total. The standard InChI is InChI=1S/C8H9F2NS/c9-7-4-11-5-8(10)6(7)2-1-3-12/h4-5,12H,1-3H2. The molecule has 0 bridgehead atoms. The zero-order valence-electron chi connectivity index (χ0n) is 6.43. The molecule has 0 saturated heterocycles. The quantitative estimate of drug-likeness (QED) is 0.719. The van der Waals surface area contributed by atoms with Crippen LogP contribution in [0.5, 0.6) is 0 Å². The summed E-state index contributed by atoms with van der Waals surface area (Å²) < 4.78 is 25.7. The van der Waals surface area contributed by atoms with Gasteiger partial charge in [-0.2, -0.15) is 12.6 Å². The van der Waals surface area contributed by atoms with Crippen molar-refractivity contribution in [1.82, 2.24) is 4.98 Å². The van der Waals surface area contributed by atoms with Gasteiger partial charge >= 0.3 is 0 Å². The number of rotatable bonds is 3. The Morgan fingerprint density at radius 1 is 1.25 bits per heavy atom. The van der Waals surface area contributed by atoms with Crippen molar-refractivity contribution in [3.8, 4) is 0 Å². The Labute approximate surface area is 75.2 Å². The van der Waals surface area contributed by atoms with Crippen molar-refractivity contribution in [3.05, 3.63) is 29.6 Å². The van der Waals surface area contributed by atoms with E-state index in [2.05, 4.69) is 17.6 Å². The van der Waals surface area contributed by atoms with Crippen LogP contribution in [0.3, 0.4) is 0 Å². The molecule has 0 radical (unpaired) electrons. The van der Waals surface area contributed by atoms with Gasteiger partial charge in [0.1, 0.15) is 11.6 Å². The first-order valence-electron chi connectivity index (χ1n) is 3.64. The molecule has 0 amide bonds. The van der Waals surface area contributed by atoms with Gasteiger partial charge in [0.05, 0.1) is 12.4 Å². The Kier molecular flexibility index (Phi) is 3.47. The first kappa shape index (κ1) is 9.45. The van der Waals surface area contributed by atoms with Crippen molar-refractivity contribution >= 4 is 12.6 Å². The highest BCUT2D eigenvalue weighted by molar-refractivity contribution is 7.80. The molecule has 0 saturated carbocycles. The summed E-state index contributed by atoms with van der Waals surface area (Å²) in [5.74, 6) is -0.519. The average Bonchev–Trinajstić information content (AvgIpc) is 2.04. The monoisotopic (exact) mass is 189 g/mol. The molecule has 0 unspecified atom stereocenters. The highest BCUT2D eigenvalue weighted by Crippen LogP contribution is 2.12. The highest BCUT2D eigenvalue weighted by atomic mass is 32.1. The van der Waals surface area contributed by atoms with Gasteiger partial charge < -0.3 is 0 Å². The maximum Gasteiger partial charge on any atom is 0.147 e. The summed E-state index contributed by atoms with van der Waals surface area (Å²) >= 11 is 3.96. The van der Waals surface area contributed by atoms with E-state index in [1.54, 1.807) is 0 Å². The van der Waals surface area contributed by atoms with Crippen molar-refractivity contribution < 1.29 is 8.78 Å². The van der Waals surface area contributed by atoms with Crippen LogP contribution in [-0.2, 0) is 6.42 Å². The van der Waals surface area contributed by atoms with Gasteiger partial charge in [0.15, 0.2) is 0 Å². The summed E-state index contributed by atoms with van der Waals surface area (Å²) in [4.78, 5) is 3.38. The van der Waals surface area contributed by atoms with E-state index < -0.39 is 11.6 Å². The summed E-state index contributed by atoms with van der Waals surface area (Å²) in [6, 6.07) is 0. The molecule has 1 nitrogen and oxygen atoms in total. The minimum Gasteiger partial charge on any atom is -0.259 e. The summed E-state index contributed by atoms with van der Waals surface area (Å²) in [7, 11) is 0. The van der Waals surface area contributed by atoms with Gasteiger partial charge in [-0.3, -0.25) is 4.98 Å². The van der Waals surface area contributed by atoms with Crippen LogP contribution in [0.25, 0.3) is 0 Å². The van der Waals surface area contributed by atoms with Gasteiger partial charge in [-0.25, -0.2) is 8.78 Å². The third-order valence-corrected chi connectivity index (χ3v) is 1.85. The number of pyridine rings is 1. The van der Waals surface area contributed by atoms with E-state index in [4.69, 9.17) is 0 Å². The first-order chi connectivity index (χ1) is 5.75. The van der Waals surface area contributed by atoms with Crippen molar-refractivity contribution in [2.75, 3.05) is 5.75 Å². The van der Waals surface area contributed by atoms with Gasteiger partial charge in [0, 0.05) is 5.56 Å². The summed E-state index contributed by atoms with van der Waals surface area (Å²) in [5.41, 5.74) is 0.110. The third kappa shape index (κ3) is 2.17. The van der Waals surface area contributed by atoms with E-state index in [0.29, 0.717) is 18.6 Å². The number of nitrogens with zero attached hydrogens (tertiary/aromatic N) is 1. The zero-order valence-corrected chi connectivity index (χ0v) is 7.32. The van der Waals surface area contributed by atoms with Crippen molar-refractivity contribution in [3.63, 3.8) is 0 Å². The van der Waals surface area contributed by atoms with Crippen LogP contribution in [0.2, 0.25) is 0 Å². The Hall–Kier alpha value is -0.640. The summed E-state index contributed by atoms with van der Waals surface area (Å²) in [6.45, 7) is 0. The largest absolute Gasteiger partial charge is 0.259 e. The van der Waals surface area contributed by atoms with E-state index >= 15 is 0 Å². The molecule has 0 atom stereocenters. The van der Waals surface area contributed by atoms with Gasteiger partial charge in [0.25, 0.3) is 0 Å². The number of hydrogen-bond donors (Lipinski definition) is 1. The highest BCUT2D eigenvalue weighted by Gasteiger charge is 2.07. The minimum absolute atomic E-state index is 0.110. The second kappa shape index (κ2) is 4.40. The first-order valence-corrected chi connectivity index (χ1v) is 4.27. The van der Waals surface area contributed by atoms with E-state index in [1.807, 2.05) is 0 Å². The fourth-order valence-electron chi connectivity index (χ4n) is 0.933. The van der Waals surface area contributed by atoms with Crippen LogP contribution >= 0.6 is 12.6 Å². The Morgan fingerprint density at radius 3 is 2.33 bits per heavy atom. The minimum atomic E-state index is -0.572. The molecule has 0 aromatic carbocycles. The number of aromatic nitrogens is 1. The molecule has 66 valence electrons. The molecular formula is C8H9F2NS. The van der Waals surface area contributed by atoms with Crippen LogP contribution in [-0.4, -0.2) is 10.7 Å². The molecule has 1 heterocycles. The van der Waals surface area contributed by atoms with E-state index in [-0.39, 0.29) is 5.56 Å². The molecule has 0 aliphatic heterocycles. The average molecular weight is 189 g/mol. The smallest absolute Gasteiger partial charge is 0.147 e. The molecule has 4 heteroatoms. The zero-order chi connectivity index (χ0) is 8.97. The third-order valence-electron chi connectivity index (χ3n) is 1.54. The lowest BCUT2D eigenvalue weighted by molar-refractivity contribution is 0.544. The normalized spacial score (nSPS) is 10.2. The number of thiol groups is 1. The van der Waals surface area contributed by atoms with Gasteiger partial charge in [-0.15, -0.1) is 0 Å². The SMILES string of the molecule is Fc1cncc(F)c1CCCS. The molecule has 1 rings (SSSR count). The lowest BCUT2D eigenvalue weighted by atomic mass is 10.1. The Balaban J connectivity index is 2.81. The fourth-order valence-corrected chi connectivity index (χ4v) is 1.09. The van der Waals surface area contributed by atoms with Crippen LogP contribution < -0.4 is 0 Å². The van der Waals surface area contributed by atoms with Crippen LogP contribution in [0, 0.1) is 11.6 Å². The van der Waals surface area contributed by atoms with Crippen molar-refractivity contribution in [1.29, 1.82) is 0 Å². The van der Waals surface area contributed by atoms with E-state index in [9.17, 15) is 8.78 Å². The van der Waals surface area contributed by atoms with Gasteiger partial charge in [0.2, 0.25) is 0 Å². The summed E-state index contributed by atoms with van der Waals surface area (Å²) in [5, 5.41) is 0. The lowest BCUT2D eigenvalue weighted by Crippen LogP contribution is -1.97. The van der Waals surface area contributed by atoms with Crippen molar-refractivity contribution in [2.45, 2.75) is 12.8 Å². The maximum atomic E-state index is 12.8. The molecule has 0 aliphatic rings. The molecular weight excluding hydrogens is 180 g/mol. The lowest BCUT2D eigenvalue weighted by Gasteiger charge is -2.01. The molecule has 0 fully saturated rings. The van der Waals surface area contributed by atoms with E-state index in [1.165, 1.54) is 0 Å². The van der Waals surface area contributed by atoms with Crippen LogP contribution in [0.15, 0.2) is 12.4 Å². The molecule has 12 heavy (non-hydrogen) atoms. The predicted molar refractivity (Wildman–Crippen MR) is 46.3 cm³/mol. The van der Waals surface area contributed by atoms with E-state index in [0.717, 1.165) is 12.4 Å². The van der Waals surface area contributed by atoms with Crippen LogP contribution in [0.1, 0.15) is 12.0 Å². The predicted octanol–water partition coefficient (Wildman–Crippen LogP) is 2.22.